The highest BCUT2D eigenvalue weighted by atomic mass is 35.5. The van der Waals surface area contributed by atoms with Crippen molar-refractivity contribution in [1.82, 2.24) is 4.90 Å². The van der Waals surface area contributed by atoms with Gasteiger partial charge in [-0.15, -0.1) is 0 Å². The van der Waals surface area contributed by atoms with Gasteiger partial charge in [0.25, 0.3) is 11.1 Å². The number of amides is 2. The minimum absolute atomic E-state index is 0.0941. The second-order valence-corrected chi connectivity index (χ2v) is 6.60. The molecule has 1 fully saturated rings. The molecule has 0 saturated carbocycles. The van der Waals surface area contributed by atoms with Crippen LogP contribution in [0, 0.1) is 0 Å². The molecule has 0 bridgehead atoms. The van der Waals surface area contributed by atoms with Gasteiger partial charge in [0, 0.05) is 10.7 Å². The van der Waals surface area contributed by atoms with E-state index in [0.717, 1.165) is 28.1 Å². The van der Waals surface area contributed by atoms with Crippen LogP contribution in [0.2, 0.25) is 5.02 Å². The largest absolute Gasteiger partial charge is 0.497 e. The van der Waals surface area contributed by atoms with Crippen molar-refractivity contribution >= 4 is 46.3 Å². The van der Waals surface area contributed by atoms with Crippen molar-refractivity contribution < 1.29 is 14.3 Å². The number of carbonyl (C=O) groups is 2. The highest BCUT2D eigenvalue weighted by molar-refractivity contribution is 8.18. The quantitative estimate of drug-likeness (QED) is 0.783. The van der Waals surface area contributed by atoms with Crippen LogP contribution in [0.4, 0.5) is 10.5 Å². The summed E-state index contributed by atoms with van der Waals surface area (Å²) in [6, 6.07) is 14.4. The average Bonchev–Trinajstić information content (AvgIpc) is 2.89. The summed E-state index contributed by atoms with van der Waals surface area (Å²) in [5.74, 6) is 0.398. The summed E-state index contributed by atoms with van der Waals surface area (Å²) in [6.45, 7) is 0.0941. The first-order valence-electron chi connectivity index (χ1n) is 7.46. The third-order valence-electron chi connectivity index (χ3n) is 3.60. The molecule has 128 valence electrons. The van der Waals surface area contributed by atoms with Crippen molar-refractivity contribution in [3.8, 4) is 5.75 Å². The first-order valence-corrected chi connectivity index (χ1v) is 8.66. The lowest BCUT2D eigenvalue weighted by molar-refractivity contribution is -0.122. The molecule has 1 aliphatic heterocycles. The van der Waals surface area contributed by atoms with Gasteiger partial charge in [-0.3, -0.25) is 14.5 Å². The highest BCUT2D eigenvalue weighted by Gasteiger charge is 2.34. The summed E-state index contributed by atoms with van der Waals surface area (Å²) in [6.07, 6.45) is 1.64. The van der Waals surface area contributed by atoms with Crippen LogP contribution in [0.3, 0.4) is 0 Å². The molecule has 0 spiro atoms. The van der Waals surface area contributed by atoms with Gasteiger partial charge in [0.2, 0.25) is 0 Å². The fourth-order valence-electron chi connectivity index (χ4n) is 2.25. The van der Waals surface area contributed by atoms with E-state index in [1.165, 1.54) is 0 Å². The van der Waals surface area contributed by atoms with E-state index >= 15 is 0 Å². The third-order valence-corrected chi connectivity index (χ3v) is 4.85. The second-order valence-electron chi connectivity index (χ2n) is 5.19. The predicted octanol–water partition coefficient (Wildman–Crippen LogP) is 4.45. The van der Waals surface area contributed by atoms with Crippen molar-refractivity contribution in [3.63, 3.8) is 0 Å². The number of nitrogens with one attached hydrogen (secondary N) is 1. The molecule has 3 rings (SSSR count). The number of anilines is 1. The molecule has 2 amide bonds. The molecular weight excluding hydrogens is 360 g/mol. The molecule has 2 aromatic carbocycles. The molecule has 1 N–H and O–H groups in total. The van der Waals surface area contributed by atoms with Crippen LogP contribution in [0.5, 0.6) is 5.75 Å². The SMILES string of the molecule is COc1ccc(NCN2C(=O)S/C(=C/c3ccccc3Cl)C2=O)cc1. The van der Waals surface area contributed by atoms with E-state index in [4.69, 9.17) is 16.3 Å². The molecule has 5 nitrogen and oxygen atoms in total. The standard InChI is InChI=1S/C18H15ClN2O3S/c1-24-14-8-6-13(7-9-14)20-11-21-17(22)16(25-18(21)23)10-12-4-2-3-5-15(12)19/h2-10,20H,11H2,1H3/b16-10+. The van der Waals surface area contributed by atoms with E-state index in [-0.39, 0.29) is 17.8 Å². The first-order chi connectivity index (χ1) is 12.1. The number of halogens is 1. The highest BCUT2D eigenvalue weighted by Crippen LogP contribution is 2.33. The molecular formula is C18H15ClN2O3S. The van der Waals surface area contributed by atoms with Crippen LogP contribution in [0.25, 0.3) is 6.08 Å². The molecule has 25 heavy (non-hydrogen) atoms. The van der Waals surface area contributed by atoms with E-state index in [1.807, 2.05) is 24.3 Å². The zero-order valence-corrected chi connectivity index (χ0v) is 14.9. The Balaban J connectivity index is 1.70. The Morgan fingerprint density at radius 1 is 1.16 bits per heavy atom. The number of imide groups is 1. The number of hydrogen-bond acceptors (Lipinski definition) is 5. The lowest BCUT2D eigenvalue weighted by atomic mass is 10.2. The van der Waals surface area contributed by atoms with Crippen molar-refractivity contribution in [2.24, 2.45) is 0 Å². The minimum Gasteiger partial charge on any atom is -0.497 e. The Bertz CT molecular complexity index is 836. The molecule has 0 atom stereocenters. The van der Waals surface area contributed by atoms with Gasteiger partial charge < -0.3 is 10.1 Å². The molecule has 1 saturated heterocycles. The molecule has 1 aliphatic rings. The van der Waals surface area contributed by atoms with E-state index in [9.17, 15) is 9.59 Å². The van der Waals surface area contributed by atoms with Gasteiger partial charge >= 0.3 is 0 Å². The van der Waals surface area contributed by atoms with Crippen molar-refractivity contribution in [2.45, 2.75) is 0 Å². The maximum atomic E-state index is 12.5. The van der Waals surface area contributed by atoms with Gasteiger partial charge in [0.05, 0.1) is 18.7 Å². The third kappa shape index (κ3) is 3.97. The van der Waals surface area contributed by atoms with Crippen molar-refractivity contribution in [2.75, 3.05) is 19.1 Å². The fourth-order valence-corrected chi connectivity index (χ4v) is 3.27. The van der Waals surface area contributed by atoms with Crippen molar-refractivity contribution in [3.05, 3.63) is 64.0 Å². The van der Waals surface area contributed by atoms with Crippen molar-refractivity contribution in [1.29, 1.82) is 0 Å². The topological polar surface area (TPSA) is 58.6 Å². The van der Waals surface area contributed by atoms with Gasteiger partial charge in [-0.2, -0.15) is 0 Å². The fraction of sp³-hybridized carbons (Fsp3) is 0.111. The van der Waals surface area contributed by atoms with Gasteiger partial charge in [-0.05, 0) is 53.7 Å². The molecule has 1 heterocycles. The van der Waals surface area contributed by atoms with Gasteiger partial charge in [-0.1, -0.05) is 29.8 Å². The maximum absolute atomic E-state index is 12.5. The number of nitrogens with zero attached hydrogens (tertiary/aromatic N) is 1. The van der Waals surface area contributed by atoms with Gasteiger partial charge in [0.15, 0.2) is 0 Å². The molecule has 7 heteroatoms. The second kappa shape index (κ2) is 7.63. The summed E-state index contributed by atoms with van der Waals surface area (Å²) in [7, 11) is 1.59. The Morgan fingerprint density at radius 3 is 2.56 bits per heavy atom. The number of hydrogen-bond donors (Lipinski definition) is 1. The zero-order valence-electron chi connectivity index (χ0n) is 13.4. The van der Waals surface area contributed by atoms with Crippen LogP contribution in [0.1, 0.15) is 5.56 Å². The Labute approximate surface area is 154 Å². The number of rotatable bonds is 5. The molecule has 0 aliphatic carbocycles. The van der Waals surface area contributed by atoms with E-state index in [0.29, 0.717) is 15.5 Å². The summed E-state index contributed by atoms with van der Waals surface area (Å²) in [4.78, 5) is 26.1. The molecule has 2 aromatic rings. The van der Waals surface area contributed by atoms with Crippen LogP contribution in [-0.4, -0.2) is 29.8 Å². The zero-order chi connectivity index (χ0) is 17.8. The Morgan fingerprint density at radius 2 is 1.88 bits per heavy atom. The predicted molar refractivity (Wildman–Crippen MR) is 101 cm³/mol. The number of ether oxygens (including phenoxy) is 1. The first kappa shape index (κ1) is 17.4. The van der Waals surface area contributed by atoms with Crippen LogP contribution < -0.4 is 10.1 Å². The van der Waals surface area contributed by atoms with Crippen LogP contribution in [-0.2, 0) is 4.79 Å². The van der Waals surface area contributed by atoms with Crippen LogP contribution in [0.15, 0.2) is 53.4 Å². The summed E-state index contributed by atoms with van der Waals surface area (Å²) in [5.41, 5.74) is 1.49. The smallest absolute Gasteiger partial charge is 0.295 e. The lowest BCUT2D eigenvalue weighted by Crippen LogP contribution is -2.33. The molecule has 0 aromatic heterocycles. The summed E-state index contributed by atoms with van der Waals surface area (Å²) < 4.78 is 5.09. The lowest BCUT2D eigenvalue weighted by Gasteiger charge is -2.14. The van der Waals surface area contributed by atoms with E-state index in [1.54, 1.807) is 37.5 Å². The van der Waals surface area contributed by atoms with Gasteiger partial charge in [-0.25, -0.2) is 0 Å². The maximum Gasteiger partial charge on any atom is 0.295 e. The normalized spacial score (nSPS) is 15.8. The minimum atomic E-state index is -0.337. The number of thioether (sulfide) groups is 1. The molecule has 0 unspecified atom stereocenters. The van der Waals surface area contributed by atoms with E-state index < -0.39 is 0 Å². The number of carbonyl (C=O) groups excluding carboxylic acids is 2. The summed E-state index contributed by atoms with van der Waals surface area (Å²) >= 11 is 7.01. The number of benzene rings is 2. The van der Waals surface area contributed by atoms with Gasteiger partial charge in [0.1, 0.15) is 5.75 Å². The van der Waals surface area contributed by atoms with E-state index in [2.05, 4.69) is 5.32 Å². The molecule has 0 radical (unpaired) electrons. The summed E-state index contributed by atoms with van der Waals surface area (Å²) in [5, 5.41) is 3.27. The Kier molecular flexibility index (Phi) is 5.31. The Hall–Kier alpha value is -2.44. The monoisotopic (exact) mass is 374 g/mol. The number of methoxy groups -OCH3 is 1. The average molecular weight is 375 g/mol. The van der Waals surface area contributed by atoms with Crippen LogP contribution >= 0.6 is 23.4 Å².